The van der Waals surface area contributed by atoms with Gasteiger partial charge in [0.15, 0.2) is 0 Å². The van der Waals surface area contributed by atoms with Gasteiger partial charge in [-0.15, -0.1) is 0 Å². The molecule has 2 rings (SSSR count). The van der Waals surface area contributed by atoms with Gasteiger partial charge in [0, 0.05) is 0 Å². The summed E-state index contributed by atoms with van der Waals surface area (Å²) in [4.78, 5) is 10.9. The summed E-state index contributed by atoms with van der Waals surface area (Å²) in [5.74, 6) is -2.74. The van der Waals surface area contributed by atoms with Crippen molar-refractivity contribution >= 4 is 21.7 Å². The van der Waals surface area contributed by atoms with Crippen molar-refractivity contribution in [3.63, 3.8) is 0 Å². The maximum absolute atomic E-state index is 14.2. The molecule has 6 nitrogen and oxygen atoms in total. The van der Waals surface area contributed by atoms with Crippen LogP contribution in [0, 0.1) is 12.7 Å². The van der Waals surface area contributed by atoms with Crippen LogP contribution in [0.2, 0.25) is 0 Å². The molecule has 1 atom stereocenters. The Morgan fingerprint density at radius 3 is 2.23 bits per heavy atom. The van der Waals surface area contributed by atoms with Gasteiger partial charge < -0.3 is 15.0 Å². The summed E-state index contributed by atoms with van der Waals surface area (Å²) in [6.45, 7) is 1.75. The quantitative estimate of drug-likeness (QED) is 0.568. The van der Waals surface area contributed by atoms with E-state index < -0.39 is 34.0 Å². The van der Waals surface area contributed by atoms with Crippen LogP contribution in [-0.4, -0.2) is 31.6 Å². The molecule has 1 N–H and O–H groups in total. The minimum Gasteiger partial charge on any atom is -0.547 e. The fourth-order valence-electron chi connectivity index (χ4n) is 2.14. The Bertz CT molecular complexity index is 884. The number of carbonyl (C=O) groups excluding carboxylic acids is 1. The van der Waals surface area contributed by atoms with E-state index in [1.165, 1.54) is 30.3 Å². The van der Waals surface area contributed by atoms with Crippen LogP contribution in [0.5, 0.6) is 0 Å². The van der Waals surface area contributed by atoms with Gasteiger partial charge >= 0.3 is 29.6 Å². The van der Waals surface area contributed by atoms with E-state index >= 15 is 0 Å². The summed E-state index contributed by atoms with van der Waals surface area (Å²) in [6, 6.07) is 10.8. The third-order valence-corrected chi connectivity index (χ3v) is 5.40. The third kappa shape index (κ3) is 4.83. The fourth-order valence-corrected chi connectivity index (χ4v) is 3.70. The summed E-state index contributed by atoms with van der Waals surface area (Å²) >= 11 is 0. The van der Waals surface area contributed by atoms with E-state index in [-0.39, 0.29) is 40.1 Å². The van der Waals surface area contributed by atoms with Gasteiger partial charge in [0.05, 0.1) is 23.1 Å². The number of carbonyl (C=O) groups is 1. The molecule has 1 unspecified atom stereocenters. The molecule has 9 heteroatoms. The van der Waals surface area contributed by atoms with Gasteiger partial charge in [-0.05, 0) is 38.1 Å². The van der Waals surface area contributed by atoms with E-state index in [1.54, 1.807) is 19.1 Å². The zero-order valence-electron chi connectivity index (χ0n) is 14.6. The zero-order valence-corrected chi connectivity index (χ0v) is 17.5. The number of hydrogen-bond donors (Lipinski definition) is 1. The number of aliphatic carboxylic acids is 1. The van der Waals surface area contributed by atoms with Gasteiger partial charge in [-0.3, -0.25) is 4.31 Å². The molecule has 26 heavy (non-hydrogen) atoms. The molecule has 0 spiro atoms. The van der Waals surface area contributed by atoms with Gasteiger partial charge in [-0.2, -0.15) is 0 Å². The van der Waals surface area contributed by atoms with Crippen LogP contribution in [-0.2, 0) is 14.8 Å². The second kappa shape index (κ2) is 8.49. The summed E-state index contributed by atoms with van der Waals surface area (Å²) in [6.07, 6.45) is 0. The first-order chi connectivity index (χ1) is 11.6. The molecule has 2 aromatic carbocycles. The van der Waals surface area contributed by atoms with Crippen molar-refractivity contribution in [3.8, 4) is 0 Å². The largest absolute Gasteiger partial charge is 1.00 e. The molecule has 0 heterocycles. The maximum atomic E-state index is 14.2. The number of rotatable bonds is 6. The van der Waals surface area contributed by atoms with Gasteiger partial charge in [0.1, 0.15) is 11.4 Å². The SMILES string of the molecule is Cc1ccc(S(=O)(=O)N(CC(C)(O)C(=O)[O-])c2ccccc2F)cc1.[Na+]. The standard InChI is InChI=1S/C17H18FNO5S.Na/c1-12-7-9-13(10-8-12)25(23,24)19(11-17(2,22)16(20)21)15-6-4-3-5-14(15)18;/h3-10,22H,11H2,1-2H3,(H,20,21);/q;+1/p-1. The molecule has 134 valence electrons. The Kier molecular flexibility index (Phi) is 7.38. The second-order valence-electron chi connectivity index (χ2n) is 5.84. The average molecular weight is 389 g/mol. The number of halogens is 1. The first-order valence-electron chi connectivity index (χ1n) is 7.33. The molecule has 0 saturated carbocycles. The van der Waals surface area contributed by atoms with Crippen molar-refractivity contribution in [2.75, 3.05) is 10.8 Å². The van der Waals surface area contributed by atoms with Crippen LogP contribution in [0.1, 0.15) is 12.5 Å². The summed E-state index contributed by atoms with van der Waals surface area (Å²) < 4.78 is 40.6. The van der Waals surface area contributed by atoms with Crippen LogP contribution in [0.25, 0.3) is 0 Å². The van der Waals surface area contributed by atoms with Gasteiger partial charge in [0.2, 0.25) is 0 Å². The summed E-state index contributed by atoms with van der Waals surface area (Å²) in [7, 11) is -4.32. The number of nitrogens with zero attached hydrogens (tertiary/aromatic N) is 1. The van der Waals surface area contributed by atoms with E-state index in [4.69, 9.17) is 0 Å². The smallest absolute Gasteiger partial charge is 0.547 e. The molecule has 0 bridgehead atoms. The van der Waals surface area contributed by atoms with Crippen LogP contribution < -0.4 is 39.0 Å². The average Bonchev–Trinajstić information content (AvgIpc) is 2.53. The van der Waals surface area contributed by atoms with Gasteiger partial charge in [0.25, 0.3) is 10.0 Å². The molecule has 0 aliphatic rings. The number of carboxylic acids is 1. The number of anilines is 1. The molecule has 0 saturated heterocycles. The molecule has 0 aromatic heterocycles. The van der Waals surface area contributed by atoms with Crippen LogP contribution in [0.4, 0.5) is 10.1 Å². The Morgan fingerprint density at radius 1 is 1.19 bits per heavy atom. The van der Waals surface area contributed by atoms with E-state index in [2.05, 4.69) is 0 Å². The van der Waals surface area contributed by atoms with Crippen molar-refractivity contribution in [3.05, 3.63) is 59.9 Å². The topological polar surface area (TPSA) is 97.7 Å². The molecule has 0 radical (unpaired) electrons. The second-order valence-corrected chi connectivity index (χ2v) is 7.70. The third-order valence-electron chi connectivity index (χ3n) is 3.62. The van der Waals surface area contributed by atoms with Gasteiger partial charge in [-0.25, -0.2) is 12.8 Å². The van der Waals surface area contributed by atoms with E-state index in [9.17, 15) is 27.8 Å². The monoisotopic (exact) mass is 389 g/mol. The molecule has 0 aliphatic carbocycles. The molecule has 2 aromatic rings. The van der Waals surface area contributed by atoms with Crippen LogP contribution >= 0.6 is 0 Å². The molecule has 0 aliphatic heterocycles. The predicted octanol–water partition coefficient (Wildman–Crippen LogP) is -2.17. The summed E-state index contributed by atoms with van der Waals surface area (Å²) in [5.41, 5.74) is -2.07. The van der Waals surface area contributed by atoms with Crippen molar-refractivity contribution in [2.45, 2.75) is 24.3 Å². The van der Waals surface area contributed by atoms with Crippen LogP contribution in [0.3, 0.4) is 0 Å². The first kappa shape index (κ1) is 22.6. The molecule has 0 fully saturated rings. The van der Waals surface area contributed by atoms with Crippen molar-refractivity contribution < 1.29 is 57.4 Å². The van der Waals surface area contributed by atoms with Crippen molar-refractivity contribution in [1.29, 1.82) is 0 Å². The molecular weight excluding hydrogens is 372 g/mol. The predicted molar refractivity (Wildman–Crippen MR) is 87.7 cm³/mol. The number of para-hydroxylation sites is 1. The van der Waals surface area contributed by atoms with Crippen LogP contribution in [0.15, 0.2) is 53.4 Å². The Balaban J connectivity index is 0.00000338. The minimum absolute atomic E-state index is 0. The number of carboxylic acid groups (broad SMARTS) is 1. The van der Waals surface area contributed by atoms with Gasteiger partial charge in [-0.1, -0.05) is 29.8 Å². The van der Waals surface area contributed by atoms with E-state index in [1.807, 2.05) is 0 Å². The number of aliphatic hydroxyl groups is 1. The molecule has 0 amide bonds. The Labute approximate surface area is 173 Å². The number of benzene rings is 2. The maximum Gasteiger partial charge on any atom is 1.00 e. The Hall–Kier alpha value is -1.45. The first-order valence-corrected chi connectivity index (χ1v) is 8.77. The van der Waals surface area contributed by atoms with E-state index in [0.717, 1.165) is 18.6 Å². The number of hydrogen-bond acceptors (Lipinski definition) is 5. The number of sulfonamides is 1. The van der Waals surface area contributed by atoms with E-state index in [0.29, 0.717) is 4.31 Å². The van der Waals surface area contributed by atoms with Crippen molar-refractivity contribution in [2.24, 2.45) is 0 Å². The van der Waals surface area contributed by atoms with Crippen molar-refractivity contribution in [1.82, 2.24) is 0 Å². The summed E-state index contributed by atoms with van der Waals surface area (Å²) in [5, 5.41) is 21.1. The molecular formula is C17H17FNNaO5S. The number of aryl methyl sites for hydroxylation is 1. The minimum atomic E-state index is -4.32. The fraction of sp³-hybridized carbons (Fsp3) is 0.235. The normalized spacial score (nSPS) is 13.4. The Morgan fingerprint density at radius 2 is 1.73 bits per heavy atom. The zero-order chi connectivity index (χ0) is 18.8.